The van der Waals surface area contributed by atoms with Gasteiger partial charge in [0.1, 0.15) is 23.9 Å². The first-order valence-corrected chi connectivity index (χ1v) is 19.2. The molecule has 0 saturated carbocycles. The molecule has 0 amide bonds. The maximum atomic E-state index is 14.2. The molecule has 0 spiro atoms. The van der Waals surface area contributed by atoms with Gasteiger partial charge in [-0.1, -0.05) is 20.8 Å². The number of likely N-dealkylation sites (N-methyl/N-ethyl adjacent to an activating group) is 1. The van der Waals surface area contributed by atoms with Crippen molar-refractivity contribution in [2.45, 2.75) is 185 Å². The lowest BCUT2D eigenvalue weighted by Crippen LogP contribution is -2.61. The zero-order chi connectivity index (χ0) is 39.5. The predicted molar refractivity (Wildman–Crippen MR) is 194 cm³/mol. The lowest BCUT2D eigenvalue weighted by atomic mass is 9.78. The fraction of sp³-hybridized carbons (Fsp3) is 0.974. The maximum Gasteiger partial charge on any atom is 0.311 e. The molecule has 0 radical (unpaired) electrons. The highest BCUT2D eigenvalue weighted by atomic mass is 16.7. The zero-order valence-corrected chi connectivity index (χ0v) is 34.2. The fourth-order valence-corrected chi connectivity index (χ4v) is 8.52. The van der Waals surface area contributed by atoms with Gasteiger partial charge in [-0.25, -0.2) is 0 Å². The van der Waals surface area contributed by atoms with Crippen molar-refractivity contribution in [2.75, 3.05) is 34.9 Å². The first-order chi connectivity index (χ1) is 24.1. The molecule has 18 atom stereocenters. The largest absolute Gasteiger partial charge is 0.459 e. The fourth-order valence-electron chi connectivity index (χ4n) is 8.52. The number of methoxy groups -OCH3 is 2. The van der Waals surface area contributed by atoms with Gasteiger partial charge in [0.05, 0.1) is 47.6 Å². The van der Waals surface area contributed by atoms with Crippen LogP contribution in [0.4, 0.5) is 0 Å². The Morgan fingerprint density at radius 1 is 0.904 bits per heavy atom. The minimum Gasteiger partial charge on any atom is -0.459 e. The summed E-state index contributed by atoms with van der Waals surface area (Å²) in [6.07, 6.45) is -7.27. The number of carbonyl (C=O) groups is 1. The topological polar surface area (TPSA) is 178 Å². The van der Waals surface area contributed by atoms with Crippen LogP contribution in [0.3, 0.4) is 0 Å². The van der Waals surface area contributed by atoms with E-state index < -0.39 is 95.8 Å². The highest BCUT2D eigenvalue weighted by molar-refractivity contribution is 5.73. The molecule has 3 fully saturated rings. The molecular weight excluding hydrogens is 676 g/mol. The van der Waals surface area contributed by atoms with Crippen LogP contribution < -0.4 is 5.32 Å². The first-order valence-electron chi connectivity index (χ1n) is 19.2. The summed E-state index contributed by atoms with van der Waals surface area (Å²) < 4.78 is 44.3. The van der Waals surface area contributed by atoms with E-state index in [2.05, 4.69) is 5.32 Å². The van der Waals surface area contributed by atoms with Crippen LogP contribution in [-0.2, 0) is 38.0 Å². The molecule has 11 unspecified atom stereocenters. The number of nitrogens with one attached hydrogen (secondary N) is 1. The van der Waals surface area contributed by atoms with Crippen molar-refractivity contribution in [1.29, 1.82) is 0 Å². The number of aliphatic hydroxyl groups excluding tert-OH is 3. The van der Waals surface area contributed by atoms with Crippen LogP contribution in [0.15, 0.2) is 0 Å². The van der Waals surface area contributed by atoms with E-state index in [1.807, 2.05) is 53.6 Å². The standard InChI is InChI=1S/C38H72N2O12/c1-15-27-38(10,45)31(42)20(2)19-39-21(3)17-37(9,47-14)33(52-35-29(41)26(40(11)12)16-22(4)48-35)23(5)30(24(6)34(44)50-27)51-28-18-36(8,46-13)32(43)25(7)49-28/h20-33,35,39,41-43,45H,15-19H2,1-14H3/t20-,21+,22+,23-,24+,25-,26?,27+,28?,29?,30?,31?,32?,33?,35?,36?,37?,38?/m0/s1. The van der Waals surface area contributed by atoms with Crippen molar-refractivity contribution < 1.29 is 58.4 Å². The molecular formula is C38H72N2O12. The van der Waals surface area contributed by atoms with Gasteiger partial charge in [-0.3, -0.25) is 4.79 Å². The summed E-state index contributed by atoms with van der Waals surface area (Å²) in [7, 11) is 6.95. The van der Waals surface area contributed by atoms with Crippen LogP contribution in [-0.4, -0.2) is 156 Å². The molecule has 0 bridgehead atoms. The Morgan fingerprint density at radius 2 is 1.52 bits per heavy atom. The lowest BCUT2D eigenvalue weighted by Gasteiger charge is -2.49. The van der Waals surface area contributed by atoms with Gasteiger partial charge in [0.15, 0.2) is 12.6 Å². The number of cyclic esters (lactones) is 1. The number of rotatable bonds is 8. The maximum absolute atomic E-state index is 14.2. The number of ether oxygens (including phenoxy) is 7. The minimum absolute atomic E-state index is 0.164. The molecule has 14 heteroatoms. The van der Waals surface area contributed by atoms with Gasteiger partial charge in [0, 0.05) is 45.2 Å². The Balaban J connectivity index is 2.19. The number of carbonyl (C=O) groups excluding carboxylic acids is 1. The molecule has 5 N–H and O–H groups in total. The third-order valence-electron chi connectivity index (χ3n) is 12.2. The molecule has 3 rings (SSSR count). The minimum atomic E-state index is -1.75. The monoisotopic (exact) mass is 749 g/mol. The van der Waals surface area contributed by atoms with Gasteiger partial charge in [0.2, 0.25) is 0 Å². The number of hydrogen-bond donors (Lipinski definition) is 5. The van der Waals surface area contributed by atoms with Gasteiger partial charge in [-0.2, -0.15) is 0 Å². The van der Waals surface area contributed by atoms with Gasteiger partial charge in [0.25, 0.3) is 0 Å². The molecule has 3 aliphatic heterocycles. The Hall–Kier alpha value is -1.01. The lowest BCUT2D eigenvalue weighted by molar-refractivity contribution is -0.319. The van der Waals surface area contributed by atoms with E-state index in [0.717, 1.165) is 0 Å². The van der Waals surface area contributed by atoms with E-state index in [-0.39, 0.29) is 31.0 Å². The molecule has 3 heterocycles. The number of esters is 1. The Labute approximate surface area is 312 Å². The predicted octanol–water partition coefficient (Wildman–Crippen LogP) is 2.21. The number of nitrogens with zero attached hydrogens (tertiary/aromatic N) is 1. The normalized spacial score (nSPS) is 49.2. The van der Waals surface area contributed by atoms with Crippen molar-refractivity contribution in [2.24, 2.45) is 17.8 Å². The van der Waals surface area contributed by atoms with Crippen molar-refractivity contribution >= 4 is 5.97 Å². The average Bonchev–Trinajstić information content (AvgIpc) is 3.08. The van der Waals surface area contributed by atoms with Crippen LogP contribution >= 0.6 is 0 Å². The third-order valence-corrected chi connectivity index (χ3v) is 12.2. The Bertz CT molecular complexity index is 1130. The molecule has 3 aliphatic rings. The van der Waals surface area contributed by atoms with Crippen LogP contribution in [0.25, 0.3) is 0 Å². The van der Waals surface area contributed by atoms with E-state index in [1.165, 1.54) is 14.0 Å². The summed E-state index contributed by atoms with van der Waals surface area (Å²) in [5.74, 6) is -2.63. The molecule has 14 nitrogen and oxygen atoms in total. The number of aliphatic hydroxyl groups is 4. The quantitative estimate of drug-likeness (QED) is 0.228. The van der Waals surface area contributed by atoms with E-state index in [9.17, 15) is 25.2 Å². The summed E-state index contributed by atoms with van der Waals surface area (Å²) in [5, 5.41) is 49.1. The van der Waals surface area contributed by atoms with Gasteiger partial charge < -0.3 is 63.8 Å². The van der Waals surface area contributed by atoms with Crippen LogP contribution in [0.1, 0.15) is 94.9 Å². The summed E-state index contributed by atoms with van der Waals surface area (Å²) in [6.45, 7) is 18.5. The molecule has 0 aromatic carbocycles. The summed E-state index contributed by atoms with van der Waals surface area (Å²) in [5.41, 5.74) is -3.79. The summed E-state index contributed by atoms with van der Waals surface area (Å²) in [4.78, 5) is 16.2. The molecule has 306 valence electrons. The van der Waals surface area contributed by atoms with Crippen molar-refractivity contribution in [1.82, 2.24) is 10.2 Å². The first kappa shape index (κ1) is 45.4. The van der Waals surface area contributed by atoms with Crippen LogP contribution in [0.2, 0.25) is 0 Å². The Kier molecular flexibility index (Phi) is 16.0. The van der Waals surface area contributed by atoms with Gasteiger partial charge in [-0.15, -0.1) is 0 Å². The zero-order valence-electron chi connectivity index (χ0n) is 34.2. The van der Waals surface area contributed by atoms with Crippen LogP contribution in [0, 0.1) is 17.8 Å². The summed E-state index contributed by atoms with van der Waals surface area (Å²) in [6, 6.07) is -0.398. The van der Waals surface area contributed by atoms with Gasteiger partial charge >= 0.3 is 5.97 Å². The average molecular weight is 749 g/mol. The van der Waals surface area contributed by atoms with E-state index in [4.69, 9.17) is 33.2 Å². The molecule has 0 aromatic heterocycles. The molecule has 0 aromatic rings. The van der Waals surface area contributed by atoms with Crippen molar-refractivity contribution in [3.8, 4) is 0 Å². The van der Waals surface area contributed by atoms with Crippen molar-refractivity contribution in [3.63, 3.8) is 0 Å². The second-order valence-electron chi connectivity index (χ2n) is 16.8. The SMILES string of the molecule is CC[C@H]1OC(=O)[C@H](C)C(OC2CC(C)(OC)C(O)[C@H](C)O2)[C@H](C)C(OC2O[C@H](C)CC(N(C)C)C2O)C(C)(OC)C[C@@H](C)NC[C@H](C)C(O)C1(C)O. The second kappa shape index (κ2) is 18.3. The molecule has 0 aliphatic carbocycles. The highest BCUT2D eigenvalue weighted by Gasteiger charge is 2.53. The molecule has 52 heavy (non-hydrogen) atoms. The van der Waals surface area contributed by atoms with E-state index in [0.29, 0.717) is 19.4 Å². The van der Waals surface area contributed by atoms with Crippen molar-refractivity contribution in [3.05, 3.63) is 0 Å². The summed E-state index contributed by atoms with van der Waals surface area (Å²) >= 11 is 0. The highest BCUT2D eigenvalue weighted by Crippen LogP contribution is 2.40. The molecule has 3 saturated heterocycles. The van der Waals surface area contributed by atoms with E-state index in [1.54, 1.807) is 34.8 Å². The smallest absolute Gasteiger partial charge is 0.311 e. The number of hydrogen-bond acceptors (Lipinski definition) is 14. The Morgan fingerprint density at radius 3 is 2.08 bits per heavy atom. The van der Waals surface area contributed by atoms with Crippen LogP contribution in [0.5, 0.6) is 0 Å². The third kappa shape index (κ3) is 10.0. The van der Waals surface area contributed by atoms with E-state index >= 15 is 0 Å². The second-order valence-corrected chi connectivity index (χ2v) is 16.8. The van der Waals surface area contributed by atoms with Gasteiger partial charge in [-0.05, 0) is 87.7 Å².